The normalized spacial score (nSPS) is 18.1. The number of aryl methyl sites for hydroxylation is 1. The van der Waals surface area contributed by atoms with Crippen LogP contribution >= 0.6 is 11.6 Å². The number of aromatic nitrogens is 1. The largest absolute Gasteiger partial charge is 0.350 e. The molecule has 0 spiro atoms. The van der Waals surface area contributed by atoms with Crippen LogP contribution in [0.1, 0.15) is 29.3 Å². The lowest BCUT2D eigenvalue weighted by Crippen LogP contribution is -2.29. The van der Waals surface area contributed by atoms with Gasteiger partial charge in [-0.05, 0) is 41.8 Å². The van der Waals surface area contributed by atoms with Crippen molar-refractivity contribution in [1.82, 2.24) is 9.47 Å². The molecule has 0 aliphatic carbocycles. The van der Waals surface area contributed by atoms with Gasteiger partial charge in [0.1, 0.15) is 0 Å². The van der Waals surface area contributed by atoms with Gasteiger partial charge in [0, 0.05) is 36.5 Å². The summed E-state index contributed by atoms with van der Waals surface area (Å²) in [7, 11) is 0. The predicted octanol–water partition coefficient (Wildman–Crippen LogP) is 5.14. The first-order valence-electron chi connectivity index (χ1n) is 8.50. The molecule has 0 fully saturated rings. The first-order valence-corrected chi connectivity index (χ1v) is 8.87. The predicted molar refractivity (Wildman–Crippen MR) is 99.2 cm³/mol. The number of benzene rings is 2. The average molecular weight is 337 g/mol. The van der Waals surface area contributed by atoms with Crippen molar-refractivity contribution in [3.05, 3.63) is 94.8 Å². The summed E-state index contributed by atoms with van der Waals surface area (Å²) in [5.74, 6) is 0. The van der Waals surface area contributed by atoms with E-state index in [9.17, 15) is 0 Å². The highest BCUT2D eigenvalue weighted by molar-refractivity contribution is 6.30. The Morgan fingerprint density at radius 2 is 1.79 bits per heavy atom. The molecule has 1 aliphatic heterocycles. The molecule has 2 heterocycles. The van der Waals surface area contributed by atoms with Gasteiger partial charge in [-0.2, -0.15) is 0 Å². The van der Waals surface area contributed by atoms with Gasteiger partial charge >= 0.3 is 0 Å². The summed E-state index contributed by atoms with van der Waals surface area (Å²) in [4.78, 5) is 2.57. The summed E-state index contributed by atoms with van der Waals surface area (Å²) in [5.41, 5.74) is 3.97. The quantitative estimate of drug-likeness (QED) is 0.643. The Kier molecular flexibility index (Phi) is 4.42. The standard InChI is InChI=1S/C21H21ClN2/c22-19-10-4-9-18(15-19)21-20-11-5-12-23(20)13-6-14-24(21)16-17-7-2-1-3-8-17/h1-5,7-12,15,21H,6,13-14,16H2/t21-/m0/s1. The molecule has 1 aliphatic rings. The third-order valence-corrected chi connectivity index (χ3v) is 4.98. The molecule has 2 aromatic carbocycles. The third-order valence-electron chi connectivity index (χ3n) is 4.75. The van der Waals surface area contributed by atoms with Crippen molar-refractivity contribution in [3.63, 3.8) is 0 Å². The number of hydrogen-bond donors (Lipinski definition) is 0. The molecule has 1 aromatic heterocycles. The van der Waals surface area contributed by atoms with Gasteiger partial charge in [0.05, 0.1) is 6.04 Å². The van der Waals surface area contributed by atoms with Crippen molar-refractivity contribution < 1.29 is 0 Å². The van der Waals surface area contributed by atoms with E-state index >= 15 is 0 Å². The molecule has 0 unspecified atom stereocenters. The van der Waals surface area contributed by atoms with Crippen molar-refractivity contribution in [2.75, 3.05) is 6.54 Å². The Hall–Kier alpha value is -2.03. The van der Waals surface area contributed by atoms with Gasteiger partial charge in [0.15, 0.2) is 0 Å². The first-order chi connectivity index (χ1) is 11.8. The van der Waals surface area contributed by atoms with Crippen LogP contribution in [-0.4, -0.2) is 16.0 Å². The van der Waals surface area contributed by atoms with E-state index in [4.69, 9.17) is 11.6 Å². The minimum Gasteiger partial charge on any atom is -0.350 e. The second-order valence-electron chi connectivity index (χ2n) is 6.39. The van der Waals surface area contributed by atoms with Crippen molar-refractivity contribution in [2.45, 2.75) is 25.6 Å². The molecule has 0 bridgehead atoms. The Bertz CT molecular complexity index is 809. The van der Waals surface area contributed by atoms with Crippen molar-refractivity contribution in [1.29, 1.82) is 0 Å². The summed E-state index contributed by atoms with van der Waals surface area (Å²) >= 11 is 6.29. The lowest BCUT2D eigenvalue weighted by atomic mass is 10.0. The molecule has 24 heavy (non-hydrogen) atoms. The SMILES string of the molecule is Clc1cccc([C@H]2c3cccn3CCCN2Cc2ccccc2)c1. The number of nitrogens with zero attached hydrogens (tertiary/aromatic N) is 2. The molecule has 0 N–H and O–H groups in total. The van der Waals surface area contributed by atoms with Crippen LogP contribution in [0.3, 0.4) is 0 Å². The highest BCUT2D eigenvalue weighted by Crippen LogP contribution is 2.33. The number of rotatable bonds is 3. The zero-order valence-electron chi connectivity index (χ0n) is 13.6. The summed E-state index contributed by atoms with van der Waals surface area (Å²) in [6, 6.07) is 23.6. The molecule has 122 valence electrons. The molecular weight excluding hydrogens is 316 g/mol. The first kappa shape index (κ1) is 15.5. The van der Waals surface area contributed by atoms with E-state index in [0.29, 0.717) is 0 Å². The molecule has 0 saturated carbocycles. The summed E-state index contributed by atoms with van der Waals surface area (Å²) < 4.78 is 2.39. The van der Waals surface area contributed by atoms with Crippen LogP contribution in [0, 0.1) is 0 Å². The second kappa shape index (κ2) is 6.84. The Balaban J connectivity index is 1.76. The Morgan fingerprint density at radius 3 is 2.62 bits per heavy atom. The van der Waals surface area contributed by atoms with E-state index in [0.717, 1.165) is 31.1 Å². The maximum atomic E-state index is 6.29. The van der Waals surface area contributed by atoms with Gasteiger partial charge in [-0.3, -0.25) is 4.90 Å². The minimum atomic E-state index is 0.237. The monoisotopic (exact) mass is 336 g/mol. The van der Waals surface area contributed by atoms with Crippen LogP contribution in [0.4, 0.5) is 0 Å². The third kappa shape index (κ3) is 3.12. The lowest BCUT2D eigenvalue weighted by Gasteiger charge is -2.30. The second-order valence-corrected chi connectivity index (χ2v) is 6.83. The van der Waals surface area contributed by atoms with E-state index < -0.39 is 0 Å². The number of fused-ring (bicyclic) bond motifs is 1. The van der Waals surface area contributed by atoms with Gasteiger partial charge in [0.25, 0.3) is 0 Å². The molecule has 4 rings (SSSR count). The van der Waals surface area contributed by atoms with E-state index in [-0.39, 0.29) is 6.04 Å². The Morgan fingerprint density at radius 1 is 0.917 bits per heavy atom. The number of hydrogen-bond acceptors (Lipinski definition) is 1. The molecule has 3 heteroatoms. The summed E-state index contributed by atoms with van der Waals surface area (Å²) in [6.45, 7) is 3.10. The smallest absolute Gasteiger partial charge is 0.0759 e. The maximum absolute atomic E-state index is 6.29. The van der Waals surface area contributed by atoms with E-state index in [1.54, 1.807) is 0 Å². The lowest BCUT2D eigenvalue weighted by molar-refractivity contribution is 0.220. The van der Waals surface area contributed by atoms with Crippen LogP contribution in [0.2, 0.25) is 5.02 Å². The molecule has 2 nitrogen and oxygen atoms in total. The minimum absolute atomic E-state index is 0.237. The van der Waals surface area contributed by atoms with E-state index in [1.807, 2.05) is 6.07 Å². The van der Waals surface area contributed by atoms with Gasteiger partial charge in [-0.25, -0.2) is 0 Å². The maximum Gasteiger partial charge on any atom is 0.0759 e. The van der Waals surface area contributed by atoms with Crippen molar-refractivity contribution in [2.24, 2.45) is 0 Å². The van der Waals surface area contributed by atoms with E-state index in [1.165, 1.54) is 16.8 Å². The van der Waals surface area contributed by atoms with Crippen molar-refractivity contribution in [3.8, 4) is 0 Å². The highest BCUT2D eigenvalue weighted by atomic mass is 35.5. The fourth-order valence-electron chi connectivity index (χ4n) is 3.69. The van der Waals surface area contributed by atoms with E-state index in [2.05, 4.69) is 76.3 Å². The average Bonchev–Trinajstić information content (AvgIpc) is 2.97. The molecule has 0 saturated heterocycles. The van der Waals surface area contributed by atoms with Crippen LogP contribution in [0.15, 0.2) is 72.9 Å². The fourth-order valence-corrected chi connectivity index (χ4v) is 3.88. The summed E-state index contributed by atoms with van der Waals surface area (Å²) in [5, 5.41) is 0.800. The van der Waals surface area contributed by atoms with Gasteiger partial charge < -0.3 is 4.57 Å². The molecular formula is C21H21ClN2. The Labute approximate surface area is 148 Å². The van der Waals surface area contributed by atoms with Crippen LogP contribution in [0.25, 0.3) is 0 Å². The molecule has 0 amide bonds. The highest BCUT2D eigenvalue weighted by Gasteiger charge is 2.27. The number of halogens is 1. The topological polar surface area (TPSA) is 8.17 Å². The van der Waals surface area contributed by atoms with Crippen LogP contribution < -0.4 is 0 Å². The van der Waals surface area contributed by atoms with Crippen LogP contribution in [0.5, 0.6) is 0 Å². The van der Waals surface area contributed by atoms with Gasteiger partial charge in [-0.1, -0.05) is 54.1 Å². The zero-order valence-corrected chi connectivity index (χ0v) is 14.4. The summed E-state index contributed by atoms with van der Waals surface area (Å²) in [6.07, 6.45) is 3.35. The molecule has 0 radical (unpaired) electrons. The van der Waals surface area contributed by atoms with Crippen LogP contribution in [-0.2, 0) is 13.1 Å². The van der Waals surface area contributed by atoms with Gasteiger partial charge in [0.2, 0.25) is 0 Å². The van der Waals surface area contributed by atoms with Crippen molar-refractivity contribution >= 4 is 11.6 Å². The van der Waals surface area contributed by atoms with Gasteiger partial charge in [-0.15, -0.1) is 0 Å². The zero-order chi connectivity index (χ0) is 16.4. The molecule has 1 atom stereocenters. The fraction of sp³-hybridized carbons (Fsp3) is 0.238. The molecule has 3 aromatic rings.